The number of aliphatic hydroxyl groups is 1. The van der Waals surface area contributed by atoms with Gasteiger partial charge in [-0.15, -0.1) is 0 Å². The van der Waals surface area contributed by atoms with Gasteiger partial charge in [0.25, 0.3) is 6.43 Å². The molecule has 1 atom stereocenters. The number of rotatable bonds is 5. The Bertz CT molecular complexity index is 1110. The number of carbonyl (C=O) groups is 2. The zero-order chi connectivity index (χ0) is 26.1. The van der Waals surface area contributed by atoms with Crippen molar-refractivity contribution in [3.63, 3.8) is 0 Å². The molecule has 2 amide bonds. The van der Waals surface area contributed by atoms with E-state index in [1.54, 1.807) is 20.8 Å². The largest absolute Gasteiger partial charge is 0.444 e. The molecule has 0 aromatic heterocycles. The van der Waals surface area contributed by atoms with E-state index >= 15 is 0 Å². The quantitative estimate of drug-likeness (QED) is 0.559. The summed E-state index contributed by atoms with van der Waals surface area (Å²) < 4.78 is 71.8. The molecule has 0 unspecified atom stereocenters. The number of amides is 2. The third-order valence-corrected chi connectivity index (χ3v) is 5.36. The van der Waals surface area contributed by atoms with Crippen molar-refractivity contribution < 1.29 is 41.4 Å². The van der Waals surface area contributed by atoms with Crippen molar-refractivity contribution in [2.75, 3.05) is 4.90 Å². The van der Waals surface area contributed by atoms with Crippen molar-refractivity contribution in [3.8, 4) is 0 Å². The SMILES string of the molecule is CC(C)(C)OC(=O)N[C@@H]1Cc2ccc(C(F)F)cc2N(Cc2cc(C(F)(F)F)ccc2CO)C1=O. The van der Waals surface area contributed by atoms with Gasteiger partial charge in [-0.05, 0) is 55.7 Å². The van der Waals surface area contributed by atoms with Crippen LogP contribution in [0.3, 0.4) is 0 Å². The lowest BCUT2D eigenvalue weighted by molar-refractivity contribution is -0.137. The molecule has 2 aromatic carbocycles. The Balaban J connectivity index is 2.03. The zero-order valence-corrected chi connectivity index (χ0v) is 19.2. The van der Waals surface area contributed by atoms with Crippen molar-refractivity contribution in [1.29, 1.82) is 0 Å². The van der Waals surface area contributed by atoms with E-state index in [0.717, 1.165) is 29.2 Å². The minimum absolute atomic E-state index is 0.0120. The number of benzene rings is 2. The van der Waals surface area contributed by atoms with E-state index in [9.17, 15) is 36.6 Å². The number of nitrogens with zero attached hydrogens (tertiary/aromatic N) is 1. The first kappa shape index (κ1) is 26.4. The predicted octanol–water partition coefficient (Wildman–Crippen LogP) is 5.12. The molecule has 2 aromatic rings. The highest BCUT2D eigenvalue weighted by molar-refractivity contribution is 6.01. The second kappa shape index (κ2) is 9.80. The molecule has 0 spiro atoms. The Hall–Kier alpha value is -3.21. The van der Waals surface area contributed by atoms with E-state index in [1.807, 2.05) is 0 Å². The van der Waals surface area contributed by atoms with Gasteiger partial charge in [0.1, 0.15) is 11.6 Å². The normalized spacial score (nSPS) is 16.3. The van der Waals surface area contributed by atoms with Gasteiger partial charge in [-0.1, -0.05) is 18.2 Å². The van der Waals surface area contributed by atoms with Crippen LogP contribution in [-0.2, 0) is 35.3 Å². The molecule has 3 rings (SSSR count). The maximum atomic E-state index is 13.4. The van der Waals surface area contributed by atoms with Crippen LogP contribution in [0.2, 0.25) is 0 Å². The van der Waals surface area contributed by atoms with Crippen LogP contribution in [0.1, 0.15) is 55.0 Å². The number of alkyl carbamates (subject to hydrolysis) is 1. The van der Waals surface area contributed by atoms with Crippen molar-refractivity contribution >= 4 is 17.7 Å². The highest BCUT2D eigenvalue weighted by Crippen LogP contribution is 2.35. The molecule has 1 aliphatic rings. The number of anilines is 1. The summed E-state index contributed by atoms with van der Waals surface area (Å²) in [4.78, 5) is 26.7. The second-order valence-corrected chi connectivity index (χ2v) is 9.16. The van der Waals surface area contributed by atoms with Gasteiger partial charge in [-0.25, -0.2) is 13.6 Å². The number of hydrogen-bond acceptors (Lipinski definition) is 4. The molecule has 11 heteroatoms. The van der Waals surface area contributed by atoms with Gasteiger partial charge in [0.2, 0.25) is 5.91 Å². The summed E-state index contributed by atoms with van der Waals surface area (Å²) in [5, 5.41) is 12.1. The molecular weight excluding hydrogens is 475 g/mol. The summed E-state index contributed by atoms with van der Waals surface area (Å²) in [6.45, 7) is 3.86. The van der Waals surface area contributed by atoms with Crippen molar-refractivity contribution in [2.45, 2.75) is 64.6 Å². The fraction of sp³-hybridized carbons (Fsp3) is 0.417. The van der Waals surface area contributed by atoms with E-state index < -0.39 is 55.0 Å². The first-order valence-electron chi connectivity index (χ1n) is 10.7. The summed E-state index contributed by atoms with van der Waals surface area (Å²) in [5.74, 6) is -0.712. The maximum Gasteiger partial charge on any atom is 0.416 e. The van der Waals surface area contributed by atoms with Crippen molar-refractivity contribution in [3.05, 3.63) is 64.2 Å². The van der Waals surface area contributed by atoms with Crippen LogP contribution >= 0.6 is 0 Å². The molecule has 6 nitrogen and oxygen atoms in total. The number of nitrogens with one attached hydrogen (secondary N) is 1. The summed E-state index contributed by atoms with van der Waals surface area (Å²) >= 11 is 0. The van der Waals surface area contributed by atoms with Crippen LogP contribution in [0.15, 0.2) is 36.4 Å². The number of aliphatic hydroxyl groups excluding tert-OH is 1. The minimum Gasteiger partial charge on any atom is -0.444 e. The molecule has 0 saturated carbocycles. The second-order valence-electron chi connectivity index (χ2n) is 9.16. The highest BCUT2D eigenvalue weighted by Gasteiger charge is 2.37. The fourth-order valence-electron chi connectivity index (χ4n) is 3.75. The Morgan fingerprint density at radius 3 is 2.40 bits per heavy atom. The number of carbonyl (C=O) groups excluding carboxylic acids is 2. The molecule has 2 N–H and O–H groups in total. The van der Waals surface area contributed by atoms with Gasteiger partial charge < -0.3 is 20.1 Å². The standard InChI is InChI=1S/C24H25F5N2O4/c1-23(2,3)35-22(34)30-18-9-13-4-5-14(20(25)26)10-19(13)31(21(18)33)11-16-8-17(24(27,28)29)7-6-15(16)12-32/h4-8,10,18,20,32H,9,11-12H2,1-3H3,(H,30,34)/t18-/m1/s1. The average molecular weight is 500 g/mol. The van der Waals surface area contributed by atoms with Crippen LogP contribution in [-0.4, -0.2) is 28.7 Å². The van der Waals surface area contributed by atoms with Crippen LogP contribution in [0.4, 0.5) is 32.4 Å². The monoisotopic (exact) mass is 500 g/mol. The van der Waals surface area contributed by atoms with Gasteiger partial charge in [0.05, 0.1) is 18.7 Å². The molecule has 1 heterocycles. The zero-order valence-electron chi connectivity index (χ0n) is 19.2. The van der Waals surface area contributed by atoms with Crippen LogP contribution in [0.5, 0.6) is 0 Å². The molecule has 1 aliphatic heterocycles. The summed E-state index contributed by atoms with van der Waals surface area (Å²) in [7, 11) is 0. The van der Waals surface area contributed by atoms with Gasteiger partial charge in [0.15, 0.2) is 0 Å². The minimum atomic E-state index is -4.67. The van der Waals surface area contributed by atoms with Gasteiger partial charge in [-0.3, -0.25) is 4.79 Å². The molecule has 0 bridgehead atoms. The third-order valence-electron chi connectivity index (χ3n) is 5.36. The number of ether oxygens (including phenoxy) is 1. The maximum absolute atomic E-state index is 13.4. The van der Waals surface area contributed by atoms with E-state index in [1.165, 1.54) is 12.1 Å². The van der Waals surface area contributed by atoms with Crippen LogP contribution in [0.25, 0.3) is 0 Å². The molecular formula is C24H25F5N2O4. The van der Waals surface area contributed by atoms with Gasteiger partial charge in [0, 0.05) is 17.7 Å². The van der Waals surface area contributed by atoms with E-state index in [-0.39, 0.29) is 28.8 Å². The molecule has 0 radical (unpaired) electrons. The fourth-order valence-corrected chi connectivity index (χ4v) is 3.75. The lowest BCUT2D eigenvalue weighted by Crippen LogP contribution is -2.53. The van der Waals surface area contributed by atoms with Crippen LogP contribution < -0.4 is 10.2 Å². The van der Waals surface area contributed by atoms with Crippen molar-refractivity contribution in [1.82, 2.24) is 5.32 Å². The van der Waals surface area contributed by atoms with Gasteiger partial charge >= 0.3 is 12.3 Å². The summed E-state index contributed by atoms with van der Waals surface area (Å²) in [6, 6.07) is 5.25. The summed E-state index contributed by atoms with van der Waals surface area (Å²) in [6.07, 6.45) is -8.41. The number of alkyl halides is 5. The Morgan fingerprint density at radius 2 is 1.83 bits per heavy atom. The first-order valence-corrected chi connectivity index (χ1v) is 10.7. The lowest BCUT2D eigenvalue weighted by Gasteiger charge is -2.35. The molecule has 0 fully saturated rings. The lowest BCUT2D eigenvalue weighted by atomic mass is 9.94. The smallest absolute Gasteiger partial charge is 0.416 e. The highest BCUT2D eigenvalue weighted by atomic mass is 19.4. The number of fused-ring (bicyclic) bond motifs is 1. The molecule has 0 aliphatic carbocycles. The third kappa shape index (κ3) is 6.27. The van der Waals surface area contributed by atoms with E-state index in [2.05, 4.69) is 5.32 Å². The first-order chi connectivity index (χ1) is 16.2. The Morgan fingerprint density at radius 1 is 1.14 bits per heavy atom. The molecule has 0 saturated heterocycles. The number of hydrogen-bond donors (Lipinski definition) is 2. The topological polar surface area (TPSA) is 78.9 Å². The Labute approximate surface area is 198 Å². The van der Waals surface area contributed by atoms with Gasteiger partial charge in [-0.2, -0.15) is 13.2 Å². The average Bonchev–Trinajstić information content (AvgIpc) is 2.74. The van der Waals surface area contributed by atoms with E-state index in [4.69, 9.17) is 4.74 Å². The summed E-state index contributed by atoms with van der Waals surface area (Å²) in [5.41, 5.74) is -1.55. The van der Waals surface area contributed by atoms with Crippen LogP contribution in [0, 0.1) is 0 Å². The molecule has 35 heavy (non-hydrogen) atoms. The number of halogens is 5. The predicted molar refractivity (Wildman–Crippen MR) is 117 cm³/mol. The van der Waals surface area contributed by atoms with Crippen molar-refractivity contribution in [2.24, 2.45) is 0 Å². The van der Waals surface area contributed by atoms with E-state index in [0.29, 0.717) is 5.56 Å². The molecule has 190 valence electrons. The Kier molecular flexibility index (Phi) is 7.39.